The number of rotatable bonds is 2. The van der Waals surface area contributed by atoms with Crippen molar-refractivity contribution in [3.63, 3.8) is 0 Å². The van der Waals surface area contributed by atoms with Gasteiger partial charge in [-0.05, 0) is 37.2 Å². The summed E-state index contributed by atoms with van der Waals surface area (Å²) in [7, 11) is 0. The molecule has 1 aromatic carbocycles. The Morgan fingerprint density at radius 1 is 1.25 bits per heavy atom. The molecule has 5 heteroatoms. The van der Waals surface area contributed by atoms with Crippen LogP contribution in [0, 0.1) is 0 Å². The molecule has 0 spiro atoms. The quantitative estimate of drug-likeness (QED) is 0.775. The van der Waals surface area contributed by atoms with Crippen molar-refractivity contribution >= 4 is 11.6 Å². The molecule has 16 heavy (non-hydrogen) atoms. The Bertz CT molecular complexity index is 385. The van der Waals surface area contributed by atoms with Crippen LogP contribution in [0.25, 0.3) is 0 Å². The van der Waals surface area contributed by atoms with Crippen LogP contribution in [0.5, 0.6) is 0 Å². The Kier molecular flexibility index (Phi) is 3.13. The molecule has 1 aliphatic heterocycles. The first-order valence-corrected chi connectivity index (χ1v) is 5.42. The maximum absolute atomic E-state index is 12.4. The lowest BCUT2D eigenvalue weighted by Crippen LogP contribution is -2.36. The summed E-state index contributed by atoms with van der Waals surface area (Å²) < 4.78 is 37.3. The molecule has 0 aliphatic carbocycles. The molecule has 1 aliphatic rings. The van der Waals surface area contributed by atoms with Crippen LogP contribution in [0.2, 0.25) is 5.02 Å². The smallest absolute Gasteiger partial charge is 0.299 e. The number of likely N-dealkylation sites (tertiary alicyclic amines) is 1. The Labute approximate surface area is 96.8 Å². The van der Waals surface area contributed by atoms with Gasteiger partial charge in [0.05, 0.1) is 10.6 Å². The predicted molar refractivity (Wildman–Crippen MR) is 56.3 cm³/mol. The lowest BCUT2D eigenvalue weighted by molar-refractivity contribution is -0.137. The minimum atomic E-state index is -4.37. The molecular formula is C11H11ClF3N. The van der Waals surface area contributed by atoms with Gasteiger partial charge in [-0.15, -0.1) is 0 Å². The van der Waals surface area contributed by atoms with E-state index < -0.39 is 11.7 Å². The van der Waals surface area contributed by atoms with Crippen molar-refractivity contribution in [1.29, 1.82) is 0 Å². The lowest BCUT2D eigenvalue weighted by atomic mass is 10.1. The van der Waals surface area contributed by atoms with Gasteiger partial charge < -0.3 is 0 Å². The normalized spacial score (nSPS) is 17.2. The number of nitrogens with zero attached hydrogens (tertiary/aromatic N) is 1. The van der Waals surface area contributed by atoms with Crippen LogP contribution < -0.4 is 0 Å². The third-order valence-corrected chi connectivity index (χ3v) is 3.01. The summed E-state index contributed by atoms with van der Waals surface area (Å²) in [6, 6.07) is 3.95. The molecule has 0 atom stereocenters. The van der Waals surface area contributed by atoms with Crippen molar-refractivity contribution < 1.29 is 13.2 Å². The highest BCUT2D eigenvalue weighted by atomic mass is 35.5. The molecule has 0 saturated carbocycles. The van der Waals surface area contributed by atoms with Crippen molar-refractivity contribution in [3.8, 4) is 0 Å². The topological polar surface area (TPSA) is 3.24 Å². The molecule has 2 rings (SSSR count). The number of benzene rings is 1. The van der Waals surface area contributed by atoms with Gasteiger partial charge in [-0.1, -0.05) is 17.7 Å². The van der Waals surface area contributed by atoms with E-state index in [4.69, 9.17) is 11.6 Å². The summed E-state index contributed by atoms with van der Waals surface area (Å²) >= 11 is 5.62. The minimum Gasteiger partial charge on any atom is -0.299 e. The SMILES string of the molecule is FC(F)(F)c1ccc(CN2CCC2)cc1Cl. The fourth-order valence-electron chi connectivity index (χ4n) is 1.68. The fourth-order valence-corrected chi connectivity index (χ4v) is 2.00. The molecule has 0 radical (unpaired) electrons. The molecular weight excluding hydrogens is 239 g/mol. The first kappa shape index (κ1) is 11.7. The first-order chi connectivity index (χ1) is 7.47. The highest BCUT2D eigenvalue weighted by Gasteiger charge is 2.33. The summed E-state index contributed by atoms with van der Waals surface area (Å²) in [5.74, 6) is 0. The number of hydrogen-bond acceptors (Lipinski definition) is 1. The zero-order chi connectivity index (χ0) is 11.8. The van der Waals surface area contributed by atoms with Crippen LogP contribution in [0.15, 0.2) is 18.2 Å². The van der Waals surface area contributed by atoms with Gasteiger partial charge >= 0.3 is 6.18 Å². The first-order valence-electron chi connectivity index (χ1n) is 5.05. The van der Waals surface area contributed by atoms with Crippen molar-refractivity contribution in [2.24, 2.45) is 0 Å². The van der Waals surface area contributed by atoms with E-state index >= 15 is 0 Å². The summed E-state index contributed by atoms with van der Waals surface area (Å²) in [6.07, 6.45) is -3.21. The van der Waals surface area contributed by atoms with Crippen LogP contribution in [0.3, 0.4) is 0 Å². The molecule has 1 heterocycles. The molecule has 0 amide bonds. The molecule has 1 aromatic rings. The second-order valence-corrected chi connectivity index (χ2v) is 4.35. The lowest BCUT2D eigenvalue weighted by Gasteiger charge is -2.30. The van der Waals surface area contributed by atoms with E-state index in [1.807, 2.05) is 0 Å². The zero-order valence-corrected chi connectivity index (χ0v) is 9.28. The van der Waals surface area contributed by atoms with Crippen LogP contribution in [0.1, 0.15) is 17.5 Å². The average Bonchev–Trinajstić information content (AvgIpc) is 2.09. The molecule has 0 N–H and O–H groups in total. The third kappa shape index (κ3) is 2.50. The summed E-state index contributed by atoms with van der Waals surface area (Å²) in [6.45, 7) is 2.70. The predicted octanol–water partition coefficient (Wildman–Crippen LogP) is 3.56. The second-order valence-electron chi connectivity index (χ2n) is 3.94. The number of hydrogen-bond donors (Lipinski definition) is 0. The van der Waals surface area contributed by atoms with Gasteiger partial charge in [0.25, 0.3) is 0 Å². The second kappa shape index (κ2) is 4.26. The van der Waals surface area contributed by atoms with E-state index in [9.17, 15) is 13.2 Å². The fraction of sp³-hybridized carbons (Fsp3) is 0.455. The van der Waals surface area contributed by atoms with Crippen LogP contribution in [-0.2, 0) is 12.7 Å². The van der Waals surface area contributed by atoms with E-state index in [-0.39, 0.29) is 5.02 Å². The third-order valence-electron chi connectivity index (χ3n) is 2.69. The Hall–Kier alpha value is -0.740. The summed E-state index contributed by atoms with van der Waals surface area (Å²) in [5.41, 5.74) is 0.0687. The number of alkyl halides is 3. The van der Waals surface area contributed by atoms with Gasteiger partial charge in [-0.25, -0.2) is 0 Å². The molecule has 0 bridgehead atoms. The largest absolute Gasteiger partial charge is 0.417 e. The molecule has 0 aromatic heterocycles. The van der Waals surface area contributed by atoms with E-state index in [2.05, 4.69) is 4.90 Å². The van der Waals surface area contributed by atoms with Gasteiger partial charge in [-0.3, -0.25) is 4.90 Å². The van der Waals surface area contributed by atoms with Crippen molar-refractivity contribution in [2.45, 2.75) is 19.1 Å². The summed E-state index contributed by atoms with van der Waals surface area (Å²) in [4.78, 5) is 2.17. The van der Waals surface area contributed by atoms with Crippen LogP contribution >= 0.6 is 11.6 Å². The van der Waals surface area contributed by atoms with Gasteiger partial charge in [0.1, 0.15) is 0 Å². The van der Waals surface area contributed by atoms with E-state index in [1.54, 1.807) is 0 Å². The maximum atomic E-state index is 12.4. The van der Waals surface area contributed by atoms with E-state index in [1.165, 1.54) is 12.1 Å². The molecule has 0 unspecified atom stereocenters. The Morgan fingerprint density at radius 3 is 2.38 bits per heavy atom. The van der Waals surface area contributed by atoms with E-state index in [0.29, 0.717) is 6.54 Å². The van der Waals surface area contributed by atoms with Crippen molar-refractivity contribution in [3.05, 3.63) is 34.3 Å². The maximum Gasteiger partial charge on any atom is 0.417 e. The molecule has 1 nitrogen and oxygen atoms in total. The van der Waals surface area contributed by atoms with Crippen molar-refractivity contribution in [2.75, 3.05) is 13.1 Å². The van der Waals surface area contributed by atoms with Crippen molar-refractivity contribution in [1.82, 2.24) is 4.90 Å². The van der Waals surface area contributed by atoms with Gasteiger partial charge in [-0.2, -0.15) is 13.2 Å². The zero-order valence-electron chi connectivity index (χ0n) is 8.52. The summed E-state index contributed by atoms with van der Waals surface area (Å²) in [5, 5.41) is -0.217. The van der Waals surface area contributed by atoms with Gasteiger partial charge in [0.2, 0.25) is 0 Å². The standard InChI is InChI=1S/C11H11ClF3N/c12-10-6-8(7-16-4-1-5-16)2-3-9(10)11(13,14)15/h2-3,6H,1,4-5,7H2. The molecule has 88 valence electrons. The van der Waals surface area contributed by atoms with Crippen LogP contribution in [0.4, 0.5) is 13.2 Å². The minimum absolute atomic E-state index is 0.217. The van der Waals surface area contributed by atoms with Crippen LogP contribution in [-0.4, -0.2) is 18.0 Å². The highest BCUT2D eigenvalue weighted by molar-refractivity contribution is 6.31. The highest BCUT2D eigenvalue weighted by Crippen LogP contribution is 2.35. The Balaban J connectivity index is 2.15. The Morgan fingerprint density at radius 2 is 1.94 bits per heavy atom. The van der Waals surface area contributed by atoms with E-state index in [0.717, 1.165) is 31.1 Å². The van der Waals surface area contributed by atoms with Gasteiger partial charge in [0.15, 0.2) is 0 Å². The van der Waals surface area contributed by atoms with Gasteiger partial charge in [0, 0.05) is 6.54 Å². The molecule has 1 fully saturated rings. The average molecular weight is 250 g/mol. The number of halogens is 4. The molecule has 1 saturated heterocycles. The monoisotopic (exact) mass is 249 g/mol.